The minimum absolute atomic E-state index is 0.0963. The maximum absolute atomic E-state index is 10.8. The van der Waals surface area contributed by atoms with E-state index in [1.165, 1.54) is 0 Å². The van der Waals surface area contributed by atoms with Crippen molar-refractivity contribution in [1.29, 1.82) is 0 Å². The van der Waals surface area contributed by atoms with Crippen LogP contribution in [-0.4, -0.2) is 17.9 Å². The third-order valence-electron chi connectivity index (χ3n) is 1.96. The quantitative estimate of drug-likeness (QED) is 0.710. The molecule has 2 rings (SSSR count). The van der Waals surface area contributed by atoms with E-state index in [-0.39, 0.29) is 12.4 Å². The van der Waals surface area contributed by atoms with Crippen LogP contribution in [0.3, 0.4) is 0 Å². The van der Waals surface area contributed by atoms with Crippen molar-refractivity contribution in [2.75, 3.05) is 6.79 Å². The van der Waals surface area contributed by atoms with Gasteiger partial charge in [0.15, 0.2) is 11.5 Å². The number of rotatable bonds is 1. The Hall–Kier alpha value is -1.71. The fourth-order valence-electron chi connectivity index (χ4n) is 1.34. The summed E-state index contributed by atoms with van der Waals surface area (Å²) in [6.45, 7) is 1.82. The van der Waals surface area contributed by atoms with Crippen molar-refractivity contribution in [3.63, 3.8) is 0 Å². The van der Waals surface area contributed by atoms with Gasteiger partial charge in [-0.25, -0.2) is 4.79 Å². The minimum atomic E-state index is -0.986. The lowest BCUT2D eigenvalue weighted by Crippen LogP contribution is -2.02. The van der Waals surface area contributed by atoms with Crippen molar-refractivity contribution in [2.45, 2.75) is 6.92 Å². The molecule has 0 unspecified atom stereocenters. The van der Waals surface area contributed by atoms with Crippen molar-refractivity contribution in [3.05, 3.63) is 23.3 Å². The van der Waals surface area contributed by atoms with Crippen molar-refractivity contribution >= 4 is 5.97 Å². The topological polar surface area (TPSA) is 55.8 Å². The number of carbonyl (C=O) groups is 1. The van der Waals surface area contributed by atoms with E-state index in [1.54, 1.807) is 19.1 Å². The SMILES string of the molecule is Cc1ccc2c(c1C(=O)O)OCO2. The third-order valence-corrected chi connectivity index (χ3v) is 1.96. The molecule has 4 heteroatoms. The highest BCUT2D eigenvalue weighted by molar-refractivity contribution is 5.93. The second-order valence-electron chi connectivity index (χ2n) is 2.80. The summed E-state index contributed by atoms with van der Waals surface area (Å²) < 4.78 is 10.1. The van der Waals surface area contributed by atoms with E-state index in [2.05, 4.69) is 0 Å². The molecule has 68 valence electrons. The zero-order chi connectivity index (χ0) is 9.42. The summed E-state index contributed by atoms with van der Waals surface area (Å²) in [6.07, 6.45) is 0. The second-order valence-corrected chi connectivity index (χ2v) is 2.80. The maximum atomic E-state index is 10.8. The highest BCUT2D eigenvalue weighted by Crippen LogP contribution is 2.37. The first kappa shape index (κ1) is 7.91. The zero-order valence-corrected chi connectivity index (χ0v) is 7.03. The molecular formula is C9H8O4. The molecule has 0 amide bonds. The first-order valence-electron chi connectivity index (χ1n) is 3.82. The first-order chi connectivity index (χ1) is 6.20. The summed E-state index contributed by atoms with van der Waals surface area (Å²) in [5.41, 5.74) is 0.867. The fraction of sp³-hybridized carbons (Fsp3) is 0.222. The van der Waals surface area contributed by atoms with Crippen LogP contribution in [0.15, 0.2) is 12.1 Å². The largest absolute Gasteiger partial charge is 0.478 e. The Morgan fingerprint density at radius 2 is 2.23 bits per heavy atom. The lowest BCUT2D eigenvalue weighted by atomic mass is 10.1. The molecule has 4 nitrogen and oxygen atoms in total. The van der Waals surface area contributed by atoms with Gasteiger partial charge in [-0.15, -0.1) is 0 Å². The van der Waals surface area contributed by atoms with E-state index in [0.29, 0.717) is 17.1 Å². The monoisotopic (exact) mass is 180 g/mol. The molecule has 1 aliphatic heterocycles. The average Bonchev–Trinajstić information content (AvgIpc) is 2.50. The molecule has 0 aliphatic carbocycles. The molecule has 0 bridgehead atoms. The molecular weight excluding hydrogens is 172 g/mol. The van der Waals surface area contributed by atoms with E-state index < -0.39 is 5.97 Å². The van der Waals surface area contributed by atoms with Gasteiger partial charge in [0.25, 0.3) is 0 Å². The Bertz CT molecular complexity index is 370. The molecule has 0 aromatic heterocycles. The molecule has 0 fully saturated rings. The predicted octanol–water partition coefficient (Wildman–Crippen LogP) is 1.42. The average molecular weight is 180 g/mol. The third kappa shape index (κ3) is 1.11. The number of hydrogen-bond donors (Lipinski definition) is 1. The molecule has 1 aliphatic rings. The predicted molar refractivity (Wildman–Crippen MR) is 44.3 cm³/mol. The number of ether oxygens (including phenoxy) is 2. The summed E-state index contributed by atoms with van der Waals surface area (Å²) in [6, 6.07) is 3.42. The Morgan fingerprint density at radius 1 is 1.46 bits per heavy atom. The second kappa shape index (κ2) is 2.65. The van der Waals surface area contributed by atoms with Crippen LogP contribution in [0.4, 0.5) is 0 Å². The highest BCUT2D eigenvalue weighted by Gasteiger charge is 2.23. The van der Waals surface area contributed by atoms with Crippen LogP contribution in [0.2, 0.25) is 0 Å². The van der Waals surface area contributed by atoms with E-state index >= 15 is 0 Å². The van der Waals surface area contributed by atoms with E-state index in [9.17, 15) is 4.79 Å². The minimum Gasteiger partial charge on any atom is -0.478 e. The standard InChI is InChI=1S/C9H8O4/c1-5-2-3-6-8(13-4-12-6)7(5)9(10)11/h2-3H,4H2,1H3,(H,10,11). The van der Waals surface area contributed by atoms with Crippen molar-refractivity contribution in [1.82, 2.24) is 0 Å². The number of carboxylic acids is 1. The van der Waals surface area contributed by atoms with E-state index in [0.717, 1.165) is 0 Å². The number of fused-ring (bicyclic) bond motifs is 1. The van der Waals surface area contributed by atoms with Gasteiger partial charge < -0.3 is 14.6 Å². The summed E-state index contributed by atoms with van der Waals surface area (Å²) in [5.74, 6) is -0.143. The lowest BCUT2D eigenvalue weighted by molar-refractivity contribution is 0.0691. The van der Waals surface area contributed by atoms with Gasteiger partial charge in [-0.3, -0.25) is 0 Å². The molecule has 0 radical (unpaired) electrons. The van der Waals surface area contributed by atoms with Gasteiger partial charge in [-0.2, -0.15) is 0 Å². The Balaban J connectivity index is 2.65. The summed E-state index contributed by atoms with van der Waals surface area (Å²) >= 11 is 0. The molecule has 0 saturated heterocycles. The molecule has 0 atom stereocenters. The zero-order valence-electron chi connectivity index (χ0n) is 7.03. The van der Waals surface area contributed by atoms with Crippen molar-refractivity contribution < 1.29 is 19.4 Å². The first-order valence-corrected chi connectivity index (χ1v) is 3.82. The number of benzene rings is 1. The molecule has 1 aromatic carbocycles. The molecule has 1 N–H and O–H groups in total. The number of hydrogen-bond acceptors (Lipinski definition) is 3. The van der Waals surface area contributed by atoms with Gasteiger partial charge in [-0.05, 0) is 18.6 Å². The van der Waals surface area contributed by atoms with Crippen LogP contribution in [0.5, 0.6) is 11.5 Å². The molecule has 0 saturated carbocycles. The van der Waals surface area contributed by atoms with Crippen LogP contribution < -0.4 is 9.47 Å². The van der Waals surface area contributed by atoms with Gasteiger partial charge in [0.1, 0.15) is 5.56 Å². The molecule has 13 heavy (non-hydrogen) atoms. The molecule has 0 spiro atoms. The van der Waals surface area contributed by atoms with Crippen LogP contribution in [0, 0.1) is 6.92 Å². The van der Waals surface area contributed by atoms with Crippen LogP contribution in [-0.2, 0) is 0 Å². The summed E-state index contributed by atoms with van der Waals surface area (Å²) in [7, 11) is 0. The van der Waals surface area contributed by atoms with Gasteiger partial charge in [0.05, 0.1) is 0 Å². The highest BCUT2D eigenvalue weighted by atomic mass is 16.7. The van der Waals surface area contributed by atoms with Gasteiger partial charge in [-0.1, -0.05) is 6.07 Å². The van der Waals surface area contributed by atoms with Crippen LogP contribution in [0.25, 0.3) is 0 Å². The Morgan fingerprint density at radius 3 is 2.92 bits per heavy atom. The molecule has 1 aromatic rings. The van der Waals surface area contributed by atoms with Gasteiger partial charge in [0, 0.05) is 0 Å². The Kier molecular flexibility index (Phi) is 1.62. The number of aromatic carboxylic acids is 1. The summed E-state index contributed by atoms with van der Waals surface area (Å²) in [5, 5.41) is 8.89. The summed E-state index contributed by atoms with van der Waals surface area (Å²) in [4.78, 5) is 10.8. The maximum Gasteiger partial charge on any atom is 0.339 e. The van der Waals surface area contributed by atoms with Crippen molar-refractivity contribution in [3.8, 4) is 11.5 Å². The normalized spacial score (nSPS) is 13.0. The Labute approximate surface area is 74.7 Å². The van der Waals surface area contributed by atoms with E-state index in [1.807, 2.05) is 0 Å². The van der Waals surface area contributed by atoms with Crippen LogP contribution >= 0.6 is 0 Å². The van der Waals surface area contributed by atoms with Gasteiger partial charge >= 0.3 is 5.97 Å². The fourth-order valence-corrected chi connectivity index (χ4v) is 1.34. The number of aryl methyl sites for hydroxylation is 1. The van der Waals surface area contributed by atoms with Gasteiger partial charge in [0.2, 0.25) is 6.79 Å². The number of carboxylic acid groups (broad SMARTS) is 1. The van der Waals surface area contributed by atoms with E-state index in [4.69, 9.17) is 14.6 Å². The van der Waals surface area contributed by atoms with Crippen LogP contribution in [0.1, 0.15) is 15.9 Å². The smallest absolute Gasteiger partial charge is 0.339 e. The molecule has 1 heterocycles. The van der Waals surface area contributed by atoms with Crippen molar-refractivity contribution in [2.24, 2.45) is 0 Å². The lowest BCUT2D eigenvalue weighted by Gasteiger charge is -2.03.